The zero-order valence-electron chi connectivity index (χ0n) is 9.06. The number of amides is 1. The highest BCUT2D eigenvalue weighted by atomic mass is 32.1. The molecule has 88 valence electrons. The van der Waals surface area contributed by atoms with Crippen LogP contribution in [0.25, 0.3) is 0 Å². The van der Waals surface area contributed by atoms with Gasteiger partial charge in [0.15, 0.2) is 0 Å². The highest BCUT2D eigenvalue weighted by Crippen LogP contribution is 2.10. The Balaban J connectivity index is 2.56. The number of carboxylic acids is 1. The largest absolute Gasteiger partial charge is 0.481 e. The van der Waals surface area contributed by atoms with E-state index in [2.05, 4.69) is 14.9 Å². The smallest absolute Gasteiger partial charge is 0.308 e. The van der Waals surface area contributed by atoms with Gasteiger partial charge in [0.2, 0.25) is 0 Å². The molecule has 7 heteroatoms. The van der Waals surface area contributed by atoms with E-state index in [0.717, 1.165) is 11.5 Å². The first-order chi connectivity index (χ1) is 7.56. The van der Waals surface area contributed by atoms with Gasteiger partial charge in [0.25, 0.3) is 5.91 Å². The van der Waals surface area contributed by atoms with E-state index in [1.807, 2.05) is 6.92 Å². The topological polar surface area (TPSA) is 92.2 Å². The first-order valence-electron chi connectivity index (χ1n) is 4.88. The molecular formula is C9H13N3O3S. The van der Waals surface area contributed by atoms with E-state index >= 15 is 0 Å². The summed E-state index contributed by atoms with van der Waals surface area (Å²) in [6, 6.07) is 0. The first-order valence-corrected chi connectivity index (χ1v) is 5.65. The maximum absolute atomic E-state index is 11.6. The molecule has 0 aliphatic rings. The van der Waals surface area contributed by atoms with Crippen LogP contribution in [0.1, 0.15) is 29.2 Å². The molecule has 0 bridgehead atoms. The number of carbonyl (C=O) groups excluding carboxylic acids is 1. The van der Waals surface area contributed by atoms with Crippen LogP contribution in [0.4, 0.5) is 0 Å². The fourth-order valence-electron chi connectivity index (χ4n) is 1.03. The quantitative estimate of drug-likeness (QED) is 0.788. The van der Waals surface area contributed by atoms with Gasteiger partial charge < -0.3 is 10.4 Å². The Bertz CT molecular complexity index is 391. The second-order valence-corrected chi connectivity index (χ2v) is 4.11. The van der Waals surface area contributed by atoms with E-state index in [-0.39, 0.29) is 12.5 Å². The lowest BCUT2D eigenvalue weighted by molar-refractivity contribution is -0.140. The molecule has 1 heterocycles. The number of carboxylic acid groups (broad SMARTS) is 1. The predicted molar refractivity (Wildman–Crippen MR) is 58.4 cm³/mol. The number of aryl methyl sites for hydroxylation is 1. The fourth-order valence-corrected chi connectivity index (χ4v) is 1.69. The molecule has 6 nitrogen and oxygen atoms in total. The molecule has 0 aliphatic heterocycles. The molecule has 0 aromatic carbocycles. The van der Waals surface area contributed by atoms with Crippen LogP contribution in [0.15, 0.2) is 0 Å². The maximum atomic E-state index is 11.6. The average Bonchev–Trinajstić information content (AvgIpc) is 2.73. The van der Waals surface area contributed by atoms with Crippen molar-refractivity contribution in [1.29, 1.82) is 0 Å². The van der Waals surface area contributed by atoms with Crippen molar-refractivity contribution in [2.24, 2.45) is 5.92 Å². The average molecular weight is 243 g/mol. The van der Waals surface area contributed by atoms with Crippen molar-refractivity contribution in [1.82, 2.24) is 14.9 Å². The number of aromatic nitrogens is 2. The van der Waals surface area contributed by atoms with Gasteiger partial charge in [0.05, 0.1) is 11.6 Å². The van der Waals surface area contributed by atoms with Crippen LogP contribution in [-0.2, 0) is 11.2 Å². The van der Waals surface area contributed by atoms with Gasteiger partial charge in [-0.2, -0.15) is 0 Å². The van der Waals surface area contributed by atoms with Gasteiger partial charge in [-0.1, -0.05) is 18.3 Å². The summed E-state index contributed by atoms with van der Waals surface area (Å²) in [4.78, 5) is 22.6. The zero-order chi connectivity index (χ0) is 12.1. The van der Waals surface area contributed by atoms with E-state index in [4.69, 9.17) is 5.11 Å². The van der Waals surface area contributed by atoms with Gasteiger partial charge in [-0.15, -0.1) is 5.10 Å². The Hall–Kier alpha value is -1.50. The molecular weight excluding hydrogens is 230 g/mol. The van der Waals surface area contributed by atoms with Crippen LogP contribution in [0.5, 0.6) is 0 Å². The molecule has 0 saturated heterocycles. The molecule has 0 radical (unpaired) electrons. The summed E-state index contributed by atoms with van der Waals surface area (Å²) in [5.41, 5.74) is 0.644. The third kappa shape index (κ3) is 2.99. The molecule has 1 aromatic heterocycles. The van der Waals surface area contributed by atoms with E-state index in [1.54, 1.807) is 0 Å². The normalized spacial score (nSPS) is 12.1. The van der Waals surface area contributed by atoms with Crippen molar-refractivity contribution in [2.45, 2.75) is 20.3 Å². The van der Waals surface area contributed by atoms with Crippen LogP contribution in [-0.4, -0.2) is 33.1 Å². The van der Waals surface area contributed by atoms with Crippen LogP contribution < -0.4 is 5.32 Å². The van der Waals surface area contributed by atoms with Crippen LogP contribution >= 0.6 is 11.5 Å². The van der Waals surface area contributed by atoms with Gasteiger partial charge in [0.1, 0.15) is 4.88 Å². The summed E-state index contributed by atoms with van der Waals surface area (Å²) in [6.07, 6.45) is 0.633. The molecule has 1 atom stereocenters. The minimum atomic E-state index is -0.932. The monoisotopic (exact) mass is 243 g/mol. The standard InChI is InChI=1S/C9H13N3O3S/c1-3-6-7(16-12-11-6)8(13)10-4-5(2)9(14)15/h5H,3-4H2,1-2H3,(H,10,13)(H,14,15). The highest BCUT2D eigenvalue weighted by Gasteiger charge is 2.17. The SMILES string of the molecule is CCc1nnsc1C(=O)NCC(C)C(=O)O. The number of nitrogens with zero attached hydrogens (tertiary/aromatic N) is 2. The van der Waals surface area contributed by atoms with Crippen LogP contribution in [0.2, 0.25) is 0 Å². The molecule has 2 N–H and O–H groups in total. The van der Waals surface area contributed by atoms with Crippen molar-refractivity contribution in [3.63, 3.8) is 0 Å². The third-order valence-electron chi connectivity index (χ3n) is 2.09. The summed E-state index contributed by atoms with van der Waals surface area (Å²) in [5.74, 6) is -1.84. The van der Waals surface area contributed by atoms with Crippen LogP contribution in [0.3, 0.4) is 0 Å². The number of rotatable bonds is 5. The highest BCUT2D eigenvalue weighted by molar-refractivity contribution is 7.08. The van der Waals surface area contributed by atoms with E-state index in [1.165, 1.54) is 6.92 Å². The lowest BCUT2D eigenvalue weighted by atomic mass is 10.2. The Kier molecular flexibility index (Phi) is 4.36. The summed E-state index contributed by atoms with van der Waals surface area (Å²) >= 11 is 1.02. The molecule has 1 amide bonds. The summed E-state index contributed by atoms with van der Waals surface area (Å²) in [6.45, 7) is 3.52. The summed E-state index contributed by atoms with van der Waals surface area (Å²) in [7, 11) is 0. The molecule has 1 rings (SSSR count). The van der Waals surface area contributed by atoms with Crippen molar-refractivity contribution in [2.75, 3.05) is 6.54 Å². The van der Waals surface area contributed by atoms with Gasteiger partial charge in [-0.25, -0.2) is 0 Å². The van der Waals surface area contributed by atoms with Crippen LogP contribution in [0, 0.1) is 5.92 Å². The predicted octanol–water partition coefficient (Wildman–Crippen LogP) is 0.551. The summed E-state index contributed by atoms with van der Waals surface area (Å²) in [5, 5.41) is 15.0. The number of carbonyl (C=O) groups is 2. The van der Waals surface area contributed by atoms with Gasteiger partial charge in [0, 0.05) is 6.54 Å². The Morgan fingerprint density at radius 3 is 2.81 bits per heavy atom. The lowest BCUT2D eigenvalue weighted by Gasteiger charge is -2.07. The minimum Gasteiger partial charge on any atom is -0.481 e. The lowest BCUT2D eigenvalue weighted by Crippen LogP contribution is -2.31. The molecule has 16 heavy (non-hydrogen) atoms. The third-order valence-corrected chi connectivity index (χ3v) is 2.85. The molecule has 0 saturated carbocycles. The first kappa shape index (κ1) is 12.6. The van der Waals surface area contributed by atoms with Crippen molar-refractivity contribution < 1.29 is 14.7 Å². The molecule has 1 unspecified atom stereocenters. The Labute approximate surface area is 96.8 Å². The Morgan fingerprint density at radius 1 is 1.56 bits per heavy atom. The van der Waals surface area contributed by atoms with E-state index < -0.39 is 11.9 Å². The molecule has 0 aliphatic carbocycles. The zero-order valence-corrected chi connectivity index (χ0v) is 9.87. The molecule has 0 spiro atoms. The number of hydrogen-bond donors (Lipinski definition) is 2. The van der Waals surface area contributed by atoms with Crippen molar-refractivity contribution >= 4 is 23.4 Å². The van der Waals surface area contributed by atoms with Gasteiger partial charge >= 0.3 is 5.97 Å². The number of hydrogen-bond acceptors (Lipinski definition) is 5. The number of nitrogens with one attached hydrogen (secondary N) is 1. The van der Waals surface area contributed by atoms with Gasteiger partial charge in [-0.05, 0) is 18.0 Å². The minimum absolute atomic E-state index is 0.106. The second kappa shape index (κ2) is 5.55. The number of aliphatic carboxylic acids is 1. The van der Waals surface area contributed by atoms with E-state index in [0.29, 0.717) is 17.0 Å². The fraction of sp³-hybridized carbons (Fsp3) is 0.556. The van der Waals surface area contributed by atoms with E-state index in [9.17, 15) is 9.59 Å². The van der Waals surface area contributed by atoms with Crippen molar-refractivity contribution in [3.8, 4) is 0 Å². The molecule has 1 aromatic rings. The Morgan fingerprint density at radius 2 is 2.25 bits per heavy atom. The summed E-state index contributed by atoms with van der Waals surface area (Å²) < 4.78 is 3.69. The van der Waals surface area contributed by atoms with Gasteiger partial charge in [-0.3, -0.25) is 9.59 Å². The second-order valence-electron chi connectivity index (χ2n) is 3.35. The maximum Gasteiger partial charge on any atom is 0.308 e. The molecule has 0 fully saturated rings. The van der Waals surface area contributed by atoms with Crippen molar-refractivity contribution in [3.05, 3.63) is 10.6 Å².